The van der Waals surface area contributed by atoms with Crippen molar-refractivity contribution in [2.45, 2.75) is 33.2 Å². The van der Waals surface area contributed by atoms with E-state index >= 15 is 0 Å². The molecule has 1 aromatic rings. The Morgan fingerprint density at radius 2 is 2.05 bits per heavy atom. The van der Waals surface area contributed by atoms with E-state index < -0.39 is 11.9 Å². The number of esters is 1. The topological polar surface area (TPSA) is 107 Å². The summed E-state index contributed by atoms with van der Waals surface area (Å²) in [5.41, 5.74) is 11.3. The van der Waals surface area contributed by atoms with Gasteiger partial charge in [0.15, 0.2) is 0 Å². The highest BCUT2D eigenvalue weighted by Gasteiger charge is 2.25. The van der Waals surface area contributed by atoms with Gasteiger partial charge >= 0.3 is 5.97 Å². The zero-order valence-corrected chi connectivity index (χ0v) is 12.1. The van der Waals surface area contributed by atoms with Crippen molar-refractivity contribution in [1.82, 2.24) is 0 Å². The summed E-state index contributed by atoms with van der Waals surface area (Å²) in [6.07, 6.45) is 0.867. The number of carbonyl (C=O) groups is 2. The van der Waals surface area contributed by atoms with Gasteiger partial charge in [-0.2, -0.15) is 0 Å². The number of ether oxygens (including phenoxy) is 1. The molecule has 0 aliphatic rings. The molecule has 0 aliphatic carbocycles. The highest BCUT2D eigenvalue weighted by atomic mass is 32.1. The van der Waals surface area contributed by atoms with Crippen LogP contribution in [0.15, 0.2) is 0 Å². The number of anilines is 2. The normalized spacial score (nSPS) is 11.9. The molecule has 1 atom stereocenters. The second-order valence-corrected chi connectivity index (χ2v) is 5.11. The van der Waals surface area contributed by atoms with Crippen LogP contribution in [0.1, 0.15) is 47.2 Å². The molecule has 0 saturated heterocycles. The van der Waals surface area contributed by atoms with Crippen molar-refractivity contribution in [3.63, 3.8) is 0 Å². The quantitative estimate of drug-likeness (QED) is 0.691. The van der Waals surface area contributed by atoms with E-state index in [2.05, 4.69) is 5.32 Å². The highest BCUT2D eigenvalue weighted by Crippen LogP contribution is 2.36. The van der Waals surface area contributed by atoms with Gasteiger partial charge in [-0.3, -0.25) is 4.79 Å². The summed E-state index contributed by atoms with van der Waals surface area (Å²) < 4.78 is 4.95. The summed E-state index contributed by atoms with van der Waals surface area (Å²) in [6, 6.07) is 0.145. The molecule has 0 saturated carbocycles. The van der Waals surface area contributed by atoms with Crippen LogP contribution in [0.4, 0.5) is 10.7 Å². The number of rotatable bonds is 6. The number of carbonyl (C=O) groups excluding carboxylic acids is 2. The molecule has 0 bridgehead atoms. The molecule has 0 aliphatic heterocycles. The molecular formula is C12H19N3O3S. The fraction of sp³-hybridized carbons (Fsp3) is 0.500. The first-order chi connectivity index (χ1) is 8.92. The minimum absolute atomic E-state index is 0.0850. The van der Waals surface area contributed by atoms with Gasteiger partial charge in [-0.25, -0.2) is 4.79 Å². The van der Waals surface area contributed by atoms with Crippen LogP contribution in [0, 0.1) is 0 Å². The van der Waals surface area contributed by atoms with E-state index in [4.69, 9.17) is 16.2 Å². The molecule has 0 radical (unpaired) electrons. The predicted octanol–water partition coefficient (Wildman–Crippen LogP) is 1.82. The molecule has 1 rings (SSSR count). The van der Waals surface area contributed by atoms with Crippen molar-refractivity contribution in [1.29, 1.82) is 0 Å². The van der Waals surface area contributed by atoms with Crippen molar-refractivity contribution in [2.24, 2.45) is 5.73 Å². The highest BCUT2D eigenvalue weighted by molar-refractivity contribution is 7.19. The van der Waals surface area contributed by atoms with E-state index in [-0.39, 0.29) is 28.8 Å². The fourth-order valence-electron chi connectivity index (χ4n) is 1.46. The maximum Gasteiger partial charge on any atom is 0.343 e. The number of nitrogens with one attached hydrogen (secondary N) is 1. The van der Waals surface area contributed by atoms with Crippen molar-refractivity contribution in [2.75, 3.05) is 17.7 Å². The maximum atomic E-state index is 11.9. The lowest BCUT2D eigenvalue weighted by atomic mass is 10.2. The molecule has 0 aromatic carbocycles. The molecule has 106 valence electrons. The van der Waals surface area contributed by atoms with Crippen molar-refractivity contribution in [3.8, 4) is 0 Å². The van der Waals surface area contributed by atoms with E-state index in [0.717, 1.165) is 17.8 Å². The van der Waals surface area contributed by atoms with Crippen LogP contribution in [0.3, 0.4) is 0 Å². The molecule has 7 heteroatoms. The summed E-state index contributed by atoms with van der Waals surface area (Å²) >= 11 is 1.08. The minimum Gasteiger partial charge on any atom is -0.462 e. The Morgan fingerprint density at radius 1 is 1.42 bits per heavy atom. The molecule has 5 N–H and O–H groups in total. The van der Waals surface area contributed by atoms with E-state index in [9.17, 15) is 9.59 Å². The smallest absolute Gasteiger partial charge is 0.343 e. The first-order valence-electron chi connectivity index (χ1n) is 6.08. The molecule has 19 heavy (non-hydrogen) atoms. The second kappa shape index (κ2) is 6.42. The van der Waals surface area contributed by atoms with Crippen molar-refractivity contribution in [3.05, 3.63) is 10.4 Å². The van der Waals surface area contributed by atoms with Gasteiger partial charge < -0.3 is 21.5 Å². The van der Waals surface area contributed by atoms with Crippen LogP contribution in [-0.4, -0.2) is 24.5 Å². The lowest BCUT2D eigenvalue weighted by Gasteiger charge is -2.12. The van der Waals surface area contributed by atoms with Crippen molar-refractivity contribution < 1.29 is 14.3 Å². The molecule has 1 amide bonds. The Labute approximate surface area is 116 Å². The number of hydrogen-bond donors (Lipinski definition) is 3. The largest absolute Gasteiger partial charge is 0.462 e. The Morgan fingerprint density at radius 3 is 2.53 bits per heavy atom. The standard InChI is InChI=1S/C12H19N3O3S/c1-4-6(3)15-11-7(12(17)18-5-2)8(13)9(19-11)10(14)16/h6,15H,4-5,13H2,1-3H3,(H2,14,16). The average Bonchev–Trinajstić information content (AvgIpc) is 2.66. The maximum absolute atomic E-state index is 11.9. The molecule has 0 fully saturated rings. The van der Waals surface area contributed by atoms with E-state index in [1.165, 1.54) is 0 Å². The van der Waals surface area contributed by atoms with Gasteiger partial charge in [-0.15, -0.1) is 11.3 Å². The number of nitrogens with two attached hydrogens (primary N) is 2. The van der Waals surface area contributed by atoms with Crippen LogP contribution < -0.4 is 16.8 Å². The Kier molecular flexibility index (Phi) is 5.17. The third-order valence-electron chi connectivity index (χ3n) is 2.64. The first-order valence-corrected chi connectivity index (χ1v) is 6.89. The fourth-order valence-corrected chi connectivity index (χ4v) is 2.53. The van der Waals surface area contributed by atoms with Gasteiger partial charge in [0.05, 0.1) is 12.3 Å². The SMILES string of the molecule is CCOC(=O)c1c(NC(C)CC)sc(C(N)=O)c1N. The van der Waals surface area contributed by atoms with Gasteiger partial charge in [0.2, 0.25) is 0 Å². The van der Waals surface area contributed by atoms with Gasteiger partial charge in [-0.1, -0.05) is 6.92 Å². The van der Waals surface area contributed by atoms with Crippen LogP contribution >= 0.6 is 11.3 Å². The molecule has 6 nitrogen and oxygen atoms in total. The van der Waals surface area contributed by atoms with Crippen molar-refractivity contribution >= 4 is 33.9 Å². The summed E-state index contributed by atoms with van der Waals surface area (Å²) in [5.74, 6) is -1.19. The Balaban J connectivity index is 3.23. The lowest BCUT2D eigenvalue weighted by molar-refractivity contribution is 0.0529. The number of amides is 1. The van der Waals surface area contributed by atoms with Gasteiger partial charge in [-0.05, 0) is 20.3 Å². The van der Waals surface area contributed by atoms with E-state index in [1.807, 2.05) is 13.8 Å². The number of nitrogen functional groups attached to an aromatic ring is 1. The van der Waals surface area contributed by atoms with Gasteiger partial charge in [0, 0.05) is 6.04 Å². The zero-order valence-electron chi connectivity index (χ0n) is 11.3. The van der Waals surface area contributed by atoms with E-state index in [1.54, 1.807) is 6.92 Å². The van der Waals surface area contributed by atoms with E-state index in [0.29, 0.717) is 5.00 Å². The van der Waals surface area contributed by atoms with Crippen LogP contribution in [0.2, 0.25) is 0 Å². The molecule has 1 unspecified atom stereocenters. The Bertz CT molecular complexity index is 485. The number of primary amides is 1. The third kappa shape index (κ3) is 3.37. The zero-order chi connectivity index (χ0) is 14.6. The number of hydrogen-bond acceptors (Lipinski definition) is 6. The molecule has 1 heterocycles. The second-order valence-electron chi connectivity index (χ2n) is 4.09. The van der Waals surface area contributed by atoms with Crippen LogP contribution in [0.5, 0.6) is 0 Å². The Hall–Kier alpha value is -1.76. The summed E-state index contributed by atoms with van der Waals surface area (Å²) in [5, 5.41) is 3.67. The summed E-state index contributed by atoms with van der Waals surface area (Å²) in [4.78, 5) is 23.4. The minimum atomic E-state index is -0.648. The predicted molar refractivity (Wildman–Crippen MR) is 76.6 cm³/mol. The van der Waals surface area contributed by atoms with Gasteiger partial charge in [0.1, 0.15) is 15.4 Å². The summed E-state index contributed by atoms with van der Waals surface area (Å²) in [7, 11) is 0. The number of thiophene rings is 1. The van der Waals surface area contributed by atoms with Crippen LogP contribution in [-0.2, 0) is 4.74 Å². The van der Waals surface area contributed by atoms with Gasteiger partial charge in [0.25, 0.3) is 5.91 Å². The monoisotopic (exact) mass is 285 g/mol. The first kappa shape index (κ1) is 15.3. The molecule has 1 aromatic heterocycles. The third-order valence-corrected chi connectivity index (χ3v) is 3.79. The summed E-state index contributed by atoms with van der Waals surface area (Å²) in [6.45, 7) is 5.92. The van der Waals surface area contributed by atoms with Crippen LogP contribution in [0.25, 0.3) is 0 Å². The lowest BCUT2D eigenvalue weighted by Crippen LogP contribution is -2.16. The molecule has 0 spiro atoms. The molecular weight excluding hydrogens is 266 g/mol. The average molecular weight is 285 g/mol.